The molecule has 2 heterocycles. The predicted octanol–water partition coefficient (Wildman–Crippen LogP) is 2.71. The smallest absolute Gasteiger partial charge is 0.251 e. The van der Waals surface area contributed by atoms with E-state index in [9.17, 15) is 13.2 Å². The zero-order valence-electron chi connectivity index (χ0n) is 14.8. The molecule has 1 amide bonds. The molecule has 1 aromatic heterocycles. The number of carbonyl (C=O) groups excluding carboxylic acids is 1. The topological polar surface area (TPSA) is 78.5 Å². The van der Waals surface area contributed by atoms with Crippen molar-refractivity contribution >= 4 is 38.9 Å². The highest BCUT2D eigenvalue weighted by Gasteiger charge is 2.18. The molecule has 0 saturated carbocycles. The number of hydrogen-bond acceptors (Lipinski definition) is 5. The van der Waals surface area contributed by atoms with Gasteiger partial charge in [0.25, 0.3) is 5.91 Å². The summed E-state index contributed by atoms with van der Waals surface area (Å²) >= 11 is 6.97. The lowest BCUT2D eigenvalue weighted by Gasteiger charge is -2.14. The second-order valence-corrected chi connectivity index (χ2v) is 9.96. The second kappa shape index (κ2) is 9.16. The van der Waals surface area contributed by atoms with Gasteiger partial charge in [0.05, 0.1) is 6.54 Å². The summed E-state index contributed by atoms with van der Waals surface area (Å²) < 4.78 is 27.7. The quantitative estimate of drug-likeness (QED) is 0.678. The molecule has 27 heavy (non-hydrogen) atoms. The Hall–Kier alpha value is -1.45. The van der Waals surface area contributed by atoms with Gasteiger partial charge in [-0.1, -0.05) is 11.6 Å². The Labute approximate surface area is 168 Å². The summed E-state index contributed by atoms with van der Waals surface area (Å²) in [6.07, 6.45) is 2.37. The fourth-order valence-corrected chi connectivity index (χ4v) is 5.37. The number of amides is 1. The van der Waals surface area contributed by atoms with Gasteiger partial charge in [-0.2, -0.15) is 0 Å². The molecule has 0 spiro atoms. The van der Waals surface area contributed by atoms with Crippen LogP contribution in [0.1, 0.15) is 28.1 Å². The van der Waals surface area contributed by atoms with Crippen molar-refractivity contribution in [3.8, 4) is 0 Å². The van der Waals surface area contributed by atoms with Crippen LogP contribution in [-0.2, 0) is 16.6 Å². The number of likely N-dealkylation sites (tertiary alicyclic amines) is 1. The van der Waals surface area contributed by atoms with Crippen LogP contribution in [0.15, 0.2) is 40.6 Å². The van der Waals surface area contributed by atoms with Gasteiger partial charge in [0.15, 0.2) is 0 Å². The molecule has 1 saturated heterocycles. The Morgan fingerprint density at radius 1 is 1.11 bits per heavy atom. The van der Waals surface area contributed by atoms with E-state index in [1.54, 1.807) is 36.4 Å². The molecule has 1 aliphatic rings. The average Bonchev–Trinajstić information content (AvgIpc) is 3.32. The van der Waals surface area contributed by atoms with Gasteiger partial charge in [0, 0.05) is 28.6 Å². The van der Waals surface area contributed by atoms with Crippen LogP contribution < -0.4 is 10.0 Å². The van der Waals surface area contributed by atoms with E-state index in [1.807, 2.05) is 0 Å². The van der Waals surface area contributed by atoms with Crippen molar-refractivity contribution in [3.05, 3.63) is 51.9 Å². The minimum absolute atomic E-state index is 0.229. The van der Waals surface area contributed by atoms with E-state index >= 15 is 0 Å². The Morgan fingerprint density at radius 2 is 1.81 bits per heavy atom. The zero-order chi connectivity index (χ0) is 19.3. The lowest BCUT2D eigenvalue weighted by molar-refractivity contribution is 0.0951. The van der Waals surface area contributed by atoms with Gasteiger partial charge in [-0.15, -0.1) is 11.3 Å². The number of sulfonamides is 1. The lowest BCUT2D eigenvalue weighted by Crippen LogP contribution is -2.33. The van der Waals surface area contributed by atoms with Crippen LogP contribution >= 0.6 is 22.9 Å². The van der Waals surface area contributed by atoms with Crippen molar-refractivity contribution in [1.82, 2.24) is 14.9 Å². The van der Waals surface area contributed by atoms with Gasteiger partial charge >= 0.3 is 0 Å². The maximum Gasteiger partial charge on any atom is 0.251 e. The third kappa shape index (κ3) is 5.76. The number of thiophene rings is 1. The summed E-state index contributed by atoms with van der Waals surface area (Å²) in [5, 5.41) is 3.35. The van der Waals surface area contributed by atoms with E-state index in [-0.39, 0.29) is 16.7 Å². The minimum atomic E-state index is -3.51. The highest BCUT2D eigenvalue weighted by atomic mass is 35.5. The van der Waals surface area contributed by atoms with Crippen molar-refractivity contribution in [2.24, 2.45) is 0 Å². The van der Waals surface area contributed by atoms with Crippen LogP contribution in [0.3, 0.4) is 0 Å². The summed E-state index contributed by atoms with van der Waals surface area (Å²) in [7, 11) is -3.51. The van der Waals surface area contributed by atoms with Crippen molar-refractivity contribution in [2.75, 3.05) is 26.2 Å². The molecule has 2 aromatic rings. The molecule has 0 bridgehead atoms. The first kappa shape index (κ1) is 20.3. The summed E-state index contributed by atoms with van der Waals surface area (Å²) in [6.45, 7) is 3.49. The largest absolute Gasteiger partial charge is 0.347 e. The first-order chi connectivity index (χ1) is 12.9. The third-order valence-corrected chi connectivity index (χ3v) is 7.64. The standard InChI is InChI=1S/C18H22ClN3O3S2/c19-15-5-3-14(4-6-15)18(23)20-13-16-7-8-17(26-16)27(24,25)21-9-12-22-10-1-2-11-22/h3-8,21H,1-2,9-13H2,(H,20,23). The van der Waals surface area contributed by atoms with Crippen molar-refractivity contribution in [1.29, 1.82) is 0 Å². The van der Waals surface area contributed by atoms with Crippen LogP contribution in [0.2, 0.25) is 5.02 Å². The number of halogens is 1. The molecule has 6 nitrogen and oxygen atoms in total. The molecule has 2 N–H and O–H groups in total. The highest BCUT2D eigenvalue weighted by Crippen LogP contribution is 2.21. The second-order valence-electron chi connectivity index (χ2n) is 6.36. The van der Waals surface area contributed by atoms with E-state index < -0.39 is 10.0 Å². The number of benzene rings is 1. The molecule has 1 aliphatic heterocycles. The fraction of sp³-hybridized carbons (Fsp3) is 0.389. The van der Waals surface area contributed by atoms with E-state index in [1.165, 1.54) is 12.8 Å². The summed E-state index contributed by atoms with van der Waals surface area (Å²) in [4.78, 5) is 15.1. The van der Waals surface area contributed by atoms with E-state index in [2.05, 4.69) is 14.9 Å². The number of hydrogen-bond donors (Lipinski definition) is 2. The molecule has 0 atom stereocenters. The minimum Gasteiger partial charge on any atom is -0.347 e. The maximum absolute atomic E-state index is 12.4. The summed E-state index contributed by atoms with van der Waals surface area (Å²) in [5.41, 5.74) is 0.507. The number of carbonyl (C=O) groups is 1. The molecular formula is C18H22ClN3O3S2. The van der Waals surface area contributed by atoms with Gasteiger partial charge in [0.1, 0.15) is 4.21 Å². The molecule has 0 radical (unpaired) electrons. The van der Waals surface area contributed by atoms with E-state index in [0.717, 1.165) is 35.8 Å². The summed E-state index contributed by atoms with van der Waals surface area (Å²) in [6, 6.07) is 9.90. The predicted molar refractivity (Wildman–Crippen MR) is 108 cm³/mol. The normalized spacial score (nSPS) is 15.1. The van der Waals surface area contributed by atoms with E-state index in [4.69, 9.17) is 11.6 Å². The van der Waals surface area contributed by atoms with Crippen LogP contribution in [0, 0.1) is 0 Å². The first-order valence-electron chi connectivity index (χ1n) is 8.78. The maximum atomic E-state index is 12.4. The molecule has 1 aromatic carbocycles. The fourth-order valence-electron chi connectivity index (χ4n) is 2.88. The molecular weight excluding hydrogens is 406 g/mol. The van der Waals surface area contributed by atoms with Gasteiger partial charge in [-0.25, -0.2) is 13.1 Å². The van der Waals surface area contributed by atoms with Gasteiger partial charge in [0.2, 0.25) is 10.0 Å². The monoisotopic (exact) mass is 427 g/mol. The van der Waals surface area contributed by atoms with E-state index in [0.29, 0.717) is 17.1 Å². The lowest BCUT2D eigenvalue weighted by atomic mass is 10.2. The molecule has 3 rings (SSSR count). The van der Waals surface area contributed by atoms with Crippen molar-refractivity contribution in [2.45, 2.75) is 23.6 Å². The molecule has 0 unspecified atom stereocenters. The Kier molecular flexibility index (Phi) is 6.88. The van der Waals surface area contributed by atoms with Gasteiger partial charge in [-0.05, 0) is 62.3 Å². The number of rotatable bonds is 8. The SMILES string of the molecule is O=C(NCc1ccc(S(=O)(=O)NCCN2CCCC2)s1)c1ccc(Cl)cc1. The molecule has 0 aliphatic carbocycles. The number of nitrogens with zero attached hydrogens (tertiary/aromatic N) is 1. The third-order valence-electron chi connectivity index (χ3n) is 4.35. The van der Waals surface area contributed by atoms with Crippen LogP contribution in [-0.4, -0.2) is 45.4 Å². The Bertz CT molecular complexity index is 876. The Balaban J connectivity index is 1.50. The van der Waals surface area contributed by atoms with Gasteiger partial charge in [-0.3, -0.25) is 4.79 Å². The molecule has 146 valence electrons. The van der Waals surface area contributed by atoms with Crippen molar-refractivity contribution in [3.63, 3.8) is 0 Å². The highest BCUT2D eigenvalue weighted by molar-refractivity contribution is 7.91. The van der Waals surface area contributed by atoms with Crippen LogP contribution in [0.4, 0.5) is 0 Å². The first-order valence-corrected chi connectivity index (χ1v) is 11.5. The van der Waals surface area contributed by atoms with Crippen LogP contribution in [0.5, 0.6) is 0 Å². The van der Waals surface area contributed by atoms with Crippen molar-refractivity contribution < 1.29 is 13.2 Å². The molecule has 1 fully saturated rings. The Morgan fingerprint density at radius 3 is 2.52 bits per heavy atom. The summed E-state index contributed by atoms with van der Waals surface area (Å²) in [5.74, 6) is -0.229. The molecule has 9 heteroatoms. The average molecular weight is 428 g/mol. The van der Waals surface area contributed by atoms with Crippen LogP contribution in [0.25, 0.3) is 0 Å². The number of nitrogens with one attached hydrogen (secondary N) is 2. The van der Waals surface area contributed by atoms with Gasteiger partial charge < -0.3 is 10.2 Å². The zero-order valence-corrected chi connectivity index (χ0v) is 17.2.